The highest BCUT2D eigenvalue weighted by Gasteiger charge is 1.95. The molecule has 0 unspecified atom stereocenters. The number of carbonyl (C=O) groups is 1. The highest BCUT2D eigenvalue weighted by molar-refractivity contribution is 5.66. The molecule has 0 aromatic carbocycles. The molecule has 0 rings (SSSR count). The van der Waals surface area contributed by atoms with E-state index in [-0.39, 0.29) is 13.0 Å². The van der Waals surface area contributed by atoms with E-state index in [2.05, 4.69) is 0 Å². The minimum absolute atomic E-state index is 0.148. The number of unbranched alkanes of at least 4 members (excludes halogenated alkanes) is 1. The molecule has 12 heavy (non-hydrogen) atoms. The number of carboxylic acids is 1. The van der Waals surface area contributed by atoms with Crippen molar-refractivity contribution in [1.29, 1.82) is 0 Å². The van der Waals surface area contributed by atoms with Crippen LogP contribution >= 0.6 is 0 Å². The summed E-state index contributed by atoms with van der Waals surface area (Å²) in [5.41, 5.74) is 0. The number of hydrogen-bond donors (Lipinski definition) is 2. The molecule has 0 saturated carbocycles. The lowest BCUT2D eigenvalue weighted by Crippen LogP contribution is -2.00. The Morgan fingerprint density at radius 3 is 2.42 bits per heavy atom. The van der Waals surface area contributed by atoms with Crippen molar-refractivity contribution >= 4 is 5.97 Å². The van der Waals surface area contributed by atoms with E-state index in [0.29, 0.717) is 26.1 Å². The molecular weight excluding hydrogens is 160 g/mol. The van der Waals surface area contributed by atoms with Crippen molar-refractivity contribution in [3.8, 4) is 0 Å². The Morgan fingerprint density at radius 2 is 1.83 bits per heavy atom. The maximum Gasteiger partial charge on any atom is 0.303 e. The number of aliphatic hydroxyl groups excluding tert-OH is 1. The first-order valence-electron chi connectivity index (χ1n) is 4.17. The molecule has 0 spiro atoms. The second-order valence-electron chi connectivity index (χ2n) is 2.54. The number of ether oxygens (including phenoxy) is 1. The molecule has 0 aliphatic heterocycles. The third-order valence-electron chi connectivity index (χ3n) is 1.38. The highest BCUT2D eigenvalue weighted by Crippen LogP contribution is 1.95. The van der Waals surface area contributed by atoms with Crippen molar-refractivity contribution < 1.29 is 19.7 Å². The predicted octanol–water partition coefficient (Wildman–Crippen LogP) is 0.640. The third kappa shape index (κ3) is 9.39. The van der Waals surface area contributed by atoms with Crippen LogP contribution in [0.2, 0.25) is 0 Å². The van der Waals surface area contributed by atoms with Crippen molar-refractivity contribution in [1.82, 2.24) is 0 Å². The monoisotopic (exact) mass is 176 g/mol. The maximum atomic E-state index is 10.1. The first-order chi connectivity index (χ1) is 5.77. The van der Waals surface area contributed by atoms with Gasteiger partial charge in [0.05, 0.1) is 0 Å². The summed E-state index contributed by atoms with van der Waals surface area (Å²) in [4.78, 5) is 10.1. The molecule has 4 nitrogen and oxygen atoms in total. The van der Waals surface area contributed by atoms with Gasteiger partial charge in [-0.15, -0.1) is 0 Å². The zero-order valence-corrected chi connectivity index (χ0v) is 7.16. The Balaban J connectivity index is 2.86. The molecule has 0 fully saturated rings. The summed E-state index contributed by atoms with van der Waals surface area (Å²) in [5, 5.41) is 16.7. The molecule has 4 heteroatoms. The molecule has 0 aromatic rings. The lowest BCUT2D eigenvalue weighted by molar-refractivity contribution is -0.137. The van der Waals surface area contributed by atoms with Crippen LogP contribution in [-0.2, 0) is 9.53 Å². The van der Waals surface area contributed by atoms with Gasteiger partial charge >= 0.3 is 5.97 Å². The van der Waals surface area contributed by atoms with E-state index >= 15 is 0 Å². The van der Waals surface area contributed by atoms with Crippen molar-refractivity contribution in [2.75, 3.05) is 19.8 Å². The fourth-order valence-electron chi connectivity index (χ4n) is 0.749. The molecule has 0 heterocycles. The standard InChI is InChI=1S/C8H16O4/c9-5-3-7-12-6-2-1-4-8(10)11/h9H,1-7H2,(H,10,11). The molecule has 72 valence electrons. The Kier molecular flexibility index (Phi) is 8.05. The van der Waals surface area contributed by atoms with Crippen LogP contribution in [0, 0.1) is 0 Å². The van der Waals surface area contributed by atoms with Crippen LogP contribution in [0.1, 0.15) is 25.7 Å². The van der Waals surface area contributed by atoms with Crippen LogP contribution in [0.4, 0.5) is 0 Å². The van der Waals surface area contributed by atoms with Gasteiger partial charge in [-0.3, -0.25) is 4.79 Å². The number of aliphatic hydroxyl groups is 1. The largest absolute Gasteiger partial charge is 0.481 e. The highest BCUT2D eigenvalue weighted by atomic mass is 16.5. The number of carboxylic acid groups (broad SMARTS) is 1. The number of aliphatic carboxylic acids is 1. The summed E-state index contributed by atoms with van der Waals surface area (Å²) >= 11 is 0. The van der Waals surface area contributed by atoms with Crippen molar-refractivity contribution in [2.24, 2.45) is 0 Å². The summed E-state index contributed by atoms with van der Waals surface area (Å²) in [7, 11) is 0. The lowest BCUT2D eigenvalue weighted by Gasteiger charge is -2.00. The molecule has 2 N–H and O–H groups in total. The minimum atomic E-state index is -0.759. The molecule has 0 atom stereocenters. The van der Waals surface area contributed by atoms with Gasteiger partial charge in [-0.1, -0.05) is 0 Å². The SMILES string of the molecule is O=C(O)CCCCOCCCO. The molecule has 0 saturated heterocycles. The van der Waals surface area contributed by atoms with Gasteiger partial charge in [0.15, 0.2) is 0 Å². The second-order valence-corrected chi connectivity index (χ2v) is 2.54. The smallest absolute Gasteiger partial charge is 0.303 e. The summed E-state index contributed by atoms with van der Waals surface area (Å²) < 4.78 is 5.10. The number of rotatable bonds is 8. The van der Waals surface area contributed by atoms with Gasteiger partial charge in [0.1, 0.15) is 0 Å². The van der Waals surface area contributed by atoms with E-state index in [0.717, 1.165) is 6.42 Å². The zero-order valence-electron chi connectivity index (χ0n) is 7.16. The summed E-state index contributed by atoms with van der Waals surface area (Å²) in [6.07, 6.45) is 2.30. The summed E-state index contributed by atoms with van der Waals surface area (Å²) in [6, 6.07) is 0. The predicted molar refractivity (Wildman–Crippen MR) is 44.0 cm³/mol. The normalized spacial score (nSPS) is 10.1. The Hall–Kier alpha value is -0.610. The van der Waals surface area contributed by atoms with Crippen molar-refractivity contribution in [2.45, 2.75) is 25.7 Å². The number of hydrogen-bond acceptors (Lipinski definition) is 3. The van der Waals surface area contributed by atoms with E-state index in [4.69, 9.17) is 14.9 Å². The molecule has 0 aromatic heterocycles. The van der Waals surface area contributed by atoms with Gasteiger partial charge in [0.25, 0.3) is 0 Å². The summed E-state index contributed by atoms with van der Waals surface area (Å²) in [6.45, 7) is 1.30. The van der Waals surface area contributed by atoms with Gasteiger partial charge in [-0.25, -0.2) is 0 Å². The Morgan fingerprint density at radius 1 is 1.17 bits per heavy atom. The van der Waals surface area contributed by atoms with Crippen LogP contribution in [0.5, 0.6) is 0 Å². The van der Waals surface area contributed by atoms with E-state index in [1.54, 1.807) is 0 Å². The lowest BCUT2D eigenvalue weighted by atomic mass is 10.2. The van der Waals surface area contributed by atoms with Crippen molar-refractivity contribution in [3.63, 3.8) is 0 Å². The average molecular weight is 176 g/mol. The van der Waals surface area contributed by atoms with E-state index in [1.807, 2.05) is 0 Å². The van der Waals surface area contributed by atoms with E-state index in [9.17, 15) is 4.79 Å². The van der Waals surface area contributed by atoms with E-state index < -0.39 is 5.97 Å². The van der Waals surface area contributed by atoms with E-state index in [1.165, 1.54) is 0 Å². The van der Waals surface area contributed by atoms with Crippen LogP contribution in [0.15, 0.2) is 0 Å². The Bertz CT molecular complexity index is 114. The molecule has 0 amide bonds. The average Bonchev–Trinajstić information content (AvgIpc) is 2.02. The summed E-state index contributed by atoms with van der Waals surface area (Å²) in [5.74, 6) is -0.759. The first-order valence-corrected chi connectivity index (χ1v) is 4.17. The Labute approximate surface area is 72.2 Å². The topological polar surface area (TPSA) is 66.8 Å². The van der Waals surface area contributed by atoms with Gasteiger partial charge in [-0.05, 0) is 19.3 Å². The second kappa shape index (κ2) is 8.49. The minimum Gasteiger partial charge on any atom is -0.481 e. The van der Waals surface area contributed by atoms with Gasteiger partial charge in [-0.2, -0.15) is 0 Å². The molecule has 0 bridgehead atoms. The van der Waals surface area contributed by atoms with Crippen LogP contribution in [0.25, 0.3) is 0 Å². The fourth-order valence-corrected chi connectivity index (χ4v) is 0.749. The molecule has 0 aliphatic carbocycles. The molecular formula is C8H16O4. The van der Waals surface area contributed by atoms with Crippen LogP contribution in [-0.4, -0.2) is 36.0 Å². The van der Waals surface area contributed by atoms with Crippen molar-refractivity contribution in [3.05, 3.63) is 0 Å². The zero-order chi connectivity index (χ0) is 9.23. The molecule has 0 radical (unpaired) electrons. The van der Waals surface area contributed by atoms with Crippen LogP contribution in [0.3, 0.4) is 0 Å². The quantitative estimate of drug-likeness (QED) is 0.532. The van der Waals surface area contributed by atoms with Gasteiger partial charge < -0.3 is 14.9 Å². The van der Waals surface area contributed by atoms with Crippen LogP contribution < -0.4 is 0 Å². The maximum absolute atomic E-state index is 10.1. The van der Waals surface area contributed by atoms with Gasteiger partial charge in [0, 0.05) is 26.2 Å². The third-order valence-corrected chi connectivity index (χ3v) is 1.38. The first kappa shape index (κ1) is 11.4. The van der Waals surface area contributed by atoms with Gasteiger partial charge in [0.2, 0.25) is 0 Å². The molecule has 0 aliphatic rings. The fraction of sp³-hybridized carbons (Fsp3) is 0.875.